The molecule has 0 heterocycles. The van der Waals surface area contributed by atoms with E-state index < -0.39 is 7.75 Å². The SMILES string of the molecule is CCOc1ccccc1NP(=O)(Oc1ccc(Cl)cc1)Oc1ccc(Cl)cc1. The fourth-order valence-corrected chi connectivity index (χ4v) is 3.98. The first-order valence-corrected chi connectivity index (χ1v) is 10.8. The Bertz CT molecular complexity index is 913. The van der Waals surface area contributed by atoms with E-state index in [0.29, 0.717) is 39.6 Å². The average molecular weight is 438 g/mol. The van der Waals surface area contributed by atoms with Gasteiger partial charge in [-0.3, -0.25) is 5.09 Å². The largest absolute Gasteiger partial charge is 0.541 e. The summed E-state index contributed by atoms with van der Waals surface area (Å²) in [4.78, 5) is 0. The van der Waals surface area contributed by atoms with Crippen LogP contribution in [0.1, 0.15) is 6.92 Å². The molecule has 0 saturated heterocycles. The lowest BCUT2D eigenvalue weighted by Gasteiger charge is -2.22. The monoisotopic (exact) mass is 437 g/mol. The van der Waals surface area contributed by atoms with Crippen molar-refractivity contribution in [2.75, 3.05) is 11.7 Å². The molecule has 0 aliphatic rings. The van der Waals surface area contributed by atoms with Gasteiger partial charge in [0.2, 0.25) is 0 Å². The molecule has 3 aromatic rings. The fraction of sp³-hybridized carbons (Fsp3) is 0.100. The van der Waals surface area contributed by atoms with Crippen LogP contribution in [0.3, 0.4) is 0 Å². The van der Waals surface area contributed by atoms with Gasteiger partial charge in [-0.05, 0) is 67.6 Å². The first-order chi connectivity index (χ1) is 13.5. The van der Waals surface area contributed by atoms with Crippen molar-refractivity contribution in [3.05, 3.63) is 82.8 Å². The topological polar surface area (TPSA) is 56.8 Å². The van der Waals surface area contributed by atoms with Gasteiger partial charge >= 0.3 is 7.75 Å². The Balaban J connectivity index is 1.92. The van der Waals surface area contributed by atoms with Crippen LogP contribution in [0.2, 0.25) is 10.0 Å². The van der Waals surface area contributed by atoms with Gasteiger partial charge in [-0.25, -0.2) is 4.57 Å². The number of ether oxygens (including phenoxy) is 1. The zero-order valence-electron chi connectivity index (χ0n) is 15.0. The van der Waals surface area contributed by atoms with Crippen LogP contribution < -0.4 is 18.9 Å². The van der Waals surface area contributed by atoms with Crippen LogP contribution in [0.4, 0.5) is 5.69 Å². The van der Waals surface area contributed by atoms with Gasteiger partial charge in [0, 0.05) is 10.0 Å². The summed E-state index contributed by atoms with van der Waals surface area (Å²) < 4.78 is 30.6. The highest BCUT2D eigenvalue weighted by Crippen LogP contribution is 2.50. The van der Waals surface area contributed by atoms with Crippen LogP contribution in [0.25, 0.3) is 0 Å². The van der Waals surface area contributed by atoms with Crippen molar-refractivity contribution in [1.29, 1.82) is 0 Å². The Labute approximate surface area is 173 Å². The van der Waals surface area contributed by atoms with Crippen LogP contribution in [-0.4, -0.2) is 6.61 Å². The number of para-hydroxylation sites is 2. The van der Waals surface area contributed by atoms with Crippen molar-refractivity contribution in [3.63, 3.8) is 0 Å². The van der Waals surface area contributed by atoms with E-state index in [4.69, 9.17) is 37.0 Å². The smallest absolute Gasteiger partial charge is 0.492 e. The van der Waals surface area contributed by atoms with Crippen LogP contribution in [0.5, 0.6) is 17.2 Å². The van der Waals surface area contributed by atoms with Crippen molar-refractivity contribution in [3.8, 4) is 17.2 Å². The third-order valence-corrected chi connectivity index (χ3v) is 5.44. The van der Waals surface area contributed by atoms with E-state index in [1.54, 1.807) is 66.7 Å². The Kier molecular flexibility index (Phi) is 6.74. The minimum absolute atomic E-state index is 0.336. The van der Waals surface area contributed by atoms with Gasteiger partial charge in [0.25, 0.3) is 0 Å². The molecular weight excluding hydrogens is 420 g/mol. The molecule has 146 valence electrons. The first kappa shape index (κ1) is 20.4. The van der Waals surface area contributed by atoms with Gasteiger partial charge in [-0.1, -0.05) is 35.3 Å². The van der Waals surface area contributed by atoms with Gasteiger partial charge in [0.1, 0.15) is 17.2 Å². The van der Waals surface area contributed by atoms with E-state index in [0.717, 1.165) is 0 Å². The Morgan fingerprint density at radius 1 is 0.821 bits per heavy atom. The number of rotatable bonds is 8. The van der Waals surface area contributed by atoms with Crippen LogP contribution >= 0.6 is 30.9 Å². The lowest BCUT2D eigenvalue weighted by atomic mass is 10.3. The summed E-state index contributed by atoms with van der Waals surface area (Å²) in [7, 11) is -3.88. The summed E-state index contributed by atoms with van der Waals surface area (Å²) in [5, 5.41) is 3.93. The lowest BCUT2D eigenvalue weighted by molar-refractivity contribution is 0.341. The van der Waals surface area contributed by atoms with E-state index in [1.807, 2.05) is 13.0 Å². The molecule has 0 aliphatic heterocycles. The molecule has 0 fully saturated rings. The molecule has 0 atom stereocenters. The fourth-order valence-electron chi connectivity index (χ4n) is 2.32. The zero-order chi connectivity index (χ0) is 20.0. The van der Waals surface area contributed by atoms with Crippen molar-refractivity contribution in [1.82, 2.24) is 0 Å². The Morgan fingerprint density at radius 2 is 1.32 bits per heavy atom. The van der Waals surface area contributed by atoms with Gasteiger partial charge in [0.15, 0.2) is 0 Å². The molecule has 1 N–H and O–H groups in total. The maximum Gasteiger partial charge on any atom is 0.541 e. The minimum Gasteiger partial charge on any atom is -0.492 e. The maximum absolute atomic E-state index is 13.6. The molecule has 3 aromatic carbocycles. The second kappa shape index (κ2) is 9.24. The van der Waals surface area contributed by atoms with Gasteiger partial charge in [-0.2, -0.15) is 0 Å². The lowest BCUT2D eigenvalue weighted by Crippen LogP contribution is -2.11. The molecule has 8 heteroatoms. The van der Waals surface area contributed by atoms with E-state index in [2.05, 4.69) is 5.09 Å². The molecule has 0 amide bonds. The summed E-state index contributed by atoms with van der Waals surface area (Å²) in [6.45, 7) is 2.32. The highest BCUT2D eigenvalue weighted by atomic mass is 35.5. The predicted octanol–water partition coefficient (Wildman–Crippen LogP) is 7.07. The van der Waals surface area contributed by atoms with E-state index in [9.17, 15) is 4.57 Å². The molecule has 0 aromatic heterocycles. The van der Waals surface area contributed by atoms with Crippen LogP contribution in [-0.2, 0) is 4.57 Å². The number of hydrogen-bond acceptors (Lipinski definition) is 4. The maximum atomic E-state index is 13.6. The van der Waals surface area contributed by atoms with Crippen LogP contribution in [0, 0.1) is 0 Å². The molecule has 5 nitrogen and oxygen atoms in total. The quantitative estimate of drug-likeness (QED) is 0.381. The number of nitrogens with one attached hydrogen (secondary N) is 1. The molecular formula is C20H18Cl2NO4P. The van der Waals surface area contributed by atoms with Gasteiger partial charge in [0.05, 0.1) is 12.3 Å². The zero-order valence-corrected chi connectivity index (χ0v) is 17.4. The molecule has 0 bridgehead atoms. The summed E-state index contributed by atoms with van der Waals surface area (Å²) in [6, 6.07) is 20.1. The molecule has 0 aliphatic carbocycles. The second-order valence-corrected chi connectivity index (χ2v) is 8.09. The predicted molar refractivity (Wildman–Crippen MR) is 113 cm³/mol. The minimum atomic E-state index is -3.88. The third kappa shape index (κ3) is 5.59. The summed E-state index contributed by atoms with van der Waals surface area (Å²) in [5.74, 6) is 1.20. The van der Waals surface area contributed by atoms with E-state index in [1.165, 1.54) is 0 Å². The molecule has 0 saturated carbocycles. The molecule has 0 unspecified atom stereocenters. The van der Waals surface area contributed by atoms with Crippen molar-refractivity contribution in [2.45, 2.75) is 6.92 Å². The third-order valence-electron chi connectivity index (χ3n) is 3.52. The van der Waals surface area contributed by atoms with E-state index in [-0.39, 0.29) is 0 Å². The Hall–Kier alpha value is -2.33. The van der Waals surface area contributed by atoms with Crippen molar-refractivity contribution >= 4 is 36.6 Å². The summed E-state index contributed by atoms with van der Waals surface area (Å²) in [5.41, 5.74) is 0.482. The second-order valence-electron chi connectivity index (χ2n) is 5.63. The highest BCUT2D eigenvalue weighted by molar-refractivity contribution is 7.56. The number of benzene rings is 3. The average Bonchev–Trinajstić information content (AvgIpc) is 2.67. The molecule has 0 spiro atoms. The standard InChI is InChI=1S/C20H18Cl2NO4P/c1-2-25-20-6-4-3-5-19(20)23-28(24,26-17-11-7-15(21)8-12-17)27-18-13-9-16(22)10-14-18/h3-14H,2H2,1H3,(H,23,24). The first-order valence-electron chi connectivity index (χ1n) is 8.48. The van der Waals surface area contributed by atoms with E-state index >= 15 is 0 Å². The van der Waals surface area contributed by atoms with Gasteiger partial charge in [-0.15, -0.1) is 0 Å². The normalized spacial score (nSPS) is 11.0. The molecule has 28 heavy (non-hydrogen) atoms. The van der Waals surface area contributed by atoms with Crippen molar-refractivity contribution < 1.29 is 18.3 Å². The Morgan fingerprint density at radius 3 is 1.82 bits per heavy atom. The van der Waals surface area contributed by atoms with Gasteiger partial charge < -0.3 is 13.8 Å². The number of halogens is 2. The van der Waals surface area contributed by atoms with Crippen molar-refractivity contribution in [2.24, 2.45) is 0 Å². The van der Waals surface area contributed by atoms with Crippen LogP contribution in [0.15, 0.2) is 72.8 Å². The summed E-state index contributed by atoms with van der Waals surface area (Å²) >= 11 is 11.8. The number of anilines is 1. The molecule has 0 radical (unpaired) electrons. The highest BCUT2D eigenvalue weighted by Gasteiger charge is 2.30. The number of hydrogen-bond donors (Lipinski definition) is 1. The molecule has 3 rings (SSSR count). The summed E-state index contributed by atoms with van der Waals surface area (Å²) in [6.07, 6.45) is 0.